The third-order valence-corrected chi connectivity index (χ3v) is 9.93. The molecule has 0 saturated carbocycles. The van der Waals surface area contributed by atoms with Crippen LogP contribution in [0, 0.1) is 22.8 Å². The van der Waals surface area contributed by atoms with Gasteiger partial charge in [0.25, 0.3) is 0 Å². The van der Waals surface area contributed by atoms with E-state index in [1.54, 1.807) is 30.3 Å². The number of carbonyl (C=O) groups excluding carboxylic acids is 2. The second kappa shape index (κ2) is 15.7. The van der Waals surface area contributed by atoms with Crippen LogP contribution in [0.1, 0.15) is 46.0 Å². The Morgan fingerprint density at radius 1 is 0.961 bits per heavy atom. The molecule has 0 radical (unpaired) electrons. The van der Waals surface area contributed by atoms with Crippen LogP contribution in [0.2, 0.25) is 10.0 Å². The Hall–Kier alpha value is -4.65. The normalized spacial score (nSPS) is 18.5. The van der Waals surface area contributed by atoms with Crippen LogP contribution < -0.4 is 19.1 Å². The van der Waals surface area contributed by atoms with Gasteiger partial charge in [-0.2, -0.15) is 4.73 Å². The molecule has 2 atom stereocenters. The van der Waals surface area contributed by atoms with Gasteiger partial charge in [0.1, 0.15) is 33.9 Å². The van der Waals surface area contributed by atoms with Gasteiger partial charge < -0.3 is 24.2 Å². The molecule has 3 aliphatic rings. The summed E-state index contributed by atoms with van der Waals surface area (Å²) in [5.41, 5.74) is 1.53. The number of pyridine rings is 1. The van der Waals surface area contributed by atoms with Gasteiger partial charge >= 0.3 is 12.1 Å². The molecule has 1 unspecified atom stereocenters. The molecule has 51 heavy (non-hydrogen) atoms. The second-order valence-corrected chi connectivity index (χ2v) is 13.3. The lowest BCUT2D eigenvalue weighted by atomic mass is 9.86. The fraction of sp³-hybridized carbons (Fsp3) is 0.324. The average molecular weight is 743 g/mol. The number of hydrogen-bond acceptors (Lipinski definition) is 8. The predicted molar refractivity (Wildman–Crippen MR) is 185 cm³/mol. The van der Waals surface area contributed by atoms with Gasteiger partial charge in [0, 0.05) is 24.6 Å². The smallest absolute Gasteiger partial charge is 0.415 e. The molecule has 0 N–H and O–H groups in total. The van der Waals surface area contributed by atoms with E-state index < -0.39 is 29.8 Å². The maximum atomic E-state index is 15.0. The van der Waals surface area contributed by atoms with Crippen molar-refractivity contribution < 1.29 is 42.0 Å². The number of fused-ring (bicyclic) bond motifs is 3. The number of anilines is 1. The molecule has 1 amide bonds. The van der Waals surface area contributed by atoms with Crippen LogP contribution in [-0.2, 0) is 22.4 Å². The molecule has 3 fully saturated rings. The number of rotatable bonds is 11. The average Bonchev–Trinajstić information content (AvgIpc) is 3.12. The summed E-state index contributed by atoms with van der Waals surface area (Å²) in [4.78, 5) is 30.5. The molecule has 1 aromatic heterocycles. The molecule has 3 saturated heterocycles. The van der Waals surface area contributed by atoms with Crippen molar-refractivity contribution in [1.82, 2.24) is 4.90 Å². The molecule has 14 heteroatoms. The minimum atomic E-state index is -0.924. The van der Waals surface area contributed by atoms with Crippen LogP contribution in [-0.4, -0.2) is 56.9 Å². The van der Waals surface area contributed by atoms with Crippen LogP contribution in [0.25, 0.3) is 0 Å². The van der Waals surface area contributed by atoms with E-state index in [9.17, 15) is 19.2 Å². The molecule has 4 aromatic rings. The minimum Gasteiger partial charge on any atom is -0.619 e. The number of carbonyl (C=O) groups is 2. The highest BCUT2D eigenvalue weighted by atomic mass is 35.5. The van der Waals surface area contributed by atoms with Crippen molar-refractivity contribution in [3.8, 4) is 11.5 Å². The SMILES string of the molecule is COc1ccc(C(Cc2c(Cl)c[n+]([O-])cc2Cl)OC(=O)c2ccc(CN(C(=O)O[C@H]3CN4CCC3CC4)c3ccc(F)cc3F)cc2)cc1OC. The van der Waals surface area contributed by atoms with Gasteiger partial charge in [0.2, 0.25) is 0 Å². The molecule has 3 aromatic carbocycles. The van der Waals surface area contributed by atoms with Gasteiger partial charge in [-0.25, -0.2) is 18.4 Å². The van der Waals surface area contributed by atoms with E-state index in [-0.39, 0.29) is 46.3 Å². The summed E-state index contributed by atoms with van der Waals surface area (Å²) in [6.45, 7) is 2.40. The van der Waals surface area contributed by atoms with Crippen molar-refractivity contribution in [2.75, 3.05) is 38.8 Å². The number of hydrogen-bond donors (Lipinski definition) is 0. The molecular formula is C37H35Cl2F2N3O7. The van der Waals surface area contributed by atoms with Crippen molar-refractivity contribution in [3.63, 3.8) is 0 Å². The fourth-order valence-electron chi connectivity index (χ4n) is 6.50. The standard InChI is InChI=1S/C37H35Cl2F2N3O7/c1-48-32-10-7-25(15-34(32)49-2)33(17-27-28(38)19-43(47)20-29(27)39)50-36(45)24-5-3-22(4-6-24)18-44(31-9-8-26(40)16-30(31)41)37(46)51-35-21-42-13-11-23(35)12-14-42/h3-10,15-16,19-20,23,33,35H,11-14,17-18,21H2,1-2H3/t33?,35-/m0/s1. The van der Waals surface area contributed by atoms with Gasteiger partial charge in [0.15, 0.2) is 23.9 Å². The van der Waals surface area contributed by atoms with Crippen molar-refractivity contribution in [3.05, 3.63) is 122 Å². The highest BCUT2D eigenvalue weighted by Gasteiger charge is 2.38. The molecule has 10 nitrogen and oxygen atoms in total. The Balaban J connectivity index is 1.23. The van der Waals surface area contributed by atoms with Crippen LogP contribution in [0.4, 0.5) is 19.3 Å². The molecule has 0 spiro atoms. The van der Waals surface area contributed by atoms with E-state index in [2.05, 4.69) is 4.90 Å². The first-order chi connectivity index (χ1) is 24.5. The van der Waals surface area contributed by atoms with Gasteiger partial charge in [-0.15, -0.1) is 0 Å². The van der Waals surface area contributed by atoms with Crippen molar-refractivity contribution in [2.24, 2.45) is 5.92 Å². The van der Waals surface area contributed by atoms with E-state index in [1.165, 1.54) is 32.4 Å². The summed E-state index contributed by atoms with van der Waals surface area (Å²) in [5, 5.41) is 12.1. The van der Waals surface area contributed by atoms with E-state index in [0.717, 1.165) is 49.3 Å². The van der Waals surface area contributed by atoms with E-state index in [4.69, 9.17) is 42.1 Å². The van der Waals surface area contributed by atoms with Crippen molar-refractivity contribution >= 4 is 41.0 Å². The number of amides is 1. The molecule has 7 rings (SSSR count). The maximum Gasteiger partial charge on any atom is 0.415 e. The zero-order valence-corrected chi connectivity index (χ0v) is 29.3. The number of piperidine rings is 3. The maximum absolute atomic E-state index is 15.0. The molecule has 4 heterocycles. The topological polar surface area (TPSA) is 104 Å². The van der Waals surface area contributed by atoms with Crippen LogP contribution >= 0.6 is 23.2 Å². The fourth-order valence-corrected chi connectivity index (χ4v) is 7.10. The van der Waals surface area contributed by atoms with Gasteiger partial charge in [0.05, 0.1) is 32.0 Å². The summed E-state index contributed by atoms with van der Waals surface area (Å²) in [5.74, 6) is -1.28. The third kappa shape index (κ3) is 8.30. The third-order valence-electron chi connectivity index (χ3n) is 9.28. The zero-order chi connectivity index (χ0) is 36.2. The molecular weight excluding hydrogens is 707 g/mol. The van der Waals surface area contributed by atoms with Crippen LogP contribution in [0.5, 0.6) is 11.5 Å². The first kappa shape index (κ1) is 36.2. The molecule has 268 valence electrons. The second-order valence-electron chi connectivity index (χ2n) is 12.4. The van der Waals surface area contributed by atoms with Crippen molar-refractivity contribution in [2.45, 2.75) is 38.0 Å². The van der Waals surface area contributed by atoms with Crippen molar-refractivity contribution in [1.29, 1.82) is 0 Å². The molecule has 2 bridgehead atoms. The first-order valence-corrected chi connectivity index (χ1v) is 17.0. The van der Waals surface area contributed by atoms with Gasteiger partial charge in [-0.3, -0.25) is 9.80 Å². The minimum absolute atomic E-state index is 0.0255. The Morgan fingerprint density at radius 2 is 1.65 bits per heavy atom. The van der Waals surface area contributed by atoms with Gasteiger partial charge in [-0.05, 0) is 79.4 Å². The number of ether oxygens (including phenoxy) is 4. The number of benzene rings is 3. The summed E-state index contributed by atoms with van der Waals surface area (Å²) >= 11 is 12.7. The highest BCUT2D eigenvalue weighted by Crippen LogP contribution is 2.36. The Kier molecular flexibility index (Phi) is 11.1. The zero-order valence-electron chi connectivity index (χ0n) is 27.8. The Labute approximate surface area is 303 Å². The lowest BCUT2D eigenvalue weighted by Gasteiger charge is -2.44. The largest absolute Gasteiger partial charge is 0.619 e. The van der Waals surface area contributed by atoms with Gasteiger partial charge in [-0.1, -0.05) is 41.4 Å². The number of halogens is 4. The molecule has 3 aliphatic heterocycles. The summed E-state index contributed by atoms with van der Waals surface area (Å²) in [6, 6.07) is 14.3. The van der Waals surface area contributed by atoms with Crippen LogP contribution in [0.15, 0.2) is 73.1 Å². The van der Waals surface area contributed by atoms with E-state index in [1.807, 2.05) is 0 Å². The first-order valence-electron chi connectivity index (χ1n) is 16.3. The number of methoxy groups -OCH3 is 2. The summed E-state index contributed by atoms with van der Waals surface area (Å²) < 4.78 is 52.0. The Morgan fingerprint density at radius 3 is 2.25 bits per heavy atom. The van der Waals surface area contributed by atoms with E-state index >= 15 is 4.39 Å². The molecule has 0 aliphatic carbocycles. The number of nitrogens with zero attached hydrogens (tertiary/aromatic N) is 3. The number of aromatic nitrogens is 1. The lowest BCUT2D eigenvalue weighted by Crippen LogP contribution is -2.53. The number of esters is 1. The summed E-state index contributed by atoms with van der Waals surface area (Å²) in [7, 11) is 2.97. The monoisotopic (exact) mass is 741 g/mol. The Bertz CT molecular complexity index is 1880. The van der Waals surface area contributed by atoms with E-state index in [0.29, 0.717) is 45.5 Å². The quantitative estimate of drug-likeness (QED) is 0.0897. The predicted octanol–water partition coefficient (Wildman–Crippen LogP) is 7.30. The lowest BCUT2D eigenvalue weighted by molar-refractivity contribution is -0.605. The van der Waals surface area contributed by atoms with Crippen LogP contribution in [0.3, 0.4) is 0 Å². The highest BCUT2D eigenvalue weighted by molar-refractivity contribution is 6.35. The summed E-state index contributed by atoms with van der Waals surface area (Å²) in [6.07, 6.45) is 2.17.